The van der Waals surface area contributed by atoms with Crippen LogP contribution in [0.15, 0.2) is 12.3 Å². The molecule has 0 N–H and O–H groups in total. The lowest BCUT2D eigenvalue weighted by atomic mass is 10.2. The van der Waals surface area contributed by atoms with Gasteiger partial charge in [0.25, 0.3) is 0 Å². The molecule has 13 heavy (non-hydrogen) atoms. The second-order valence-electron chi connectivity index (χ2n) is 2.78. The summed E-state index contributed by atoms with van der Waals surface area (Å²) in [6.07, 6.45) is 4.31. The topological polar surface area (TPSA) is 26.3 Å². The molecular formula is C11H16O2. The normalized spacial score (nSPS) is 8.46. The fourth-order valence-corrected chi connectivity index (χ4v) is 0.823. The summed E-state index contributed by atoms with van der Waals surface area (Å²) in [4.78, 5) is 10.4. The van der Waals surface area contributed by atoms with E-state index in [4.69, 9.17) is 0 Å². The molecule has 0 heterocycles. The van der Waals surface area contributed by atoms with Crippen LogP contribution in [-0.2, 0) is 9.53 Å². The quantitative estimate of drug-likeness (QED) is 0.288. The number of hydrogen-bond acceptors (Lipinski definition) is 2. The lowest BCUT2D eigenvalue weighted by Crippen LogP contribution is -1.95. The van der Waals surface area contributed by atoms with Crippen molar-refractivity contribution in [1.82, 2.24) is 0 Å². The van der Waals surface area contributed by atoms with Crippen molar-refractivity contribution < 1.29 is 9.53 Å². The Morgan fingerprint density at radius 3 is 2.69 bits per heavy atom. The van der Waals surface area contributed by atoms with Gasteiger partial charge in [-0.15, -0.1) is 0 Å². The zero-order valence-corrected chi connectivity index (χ0v) is 8.35. The van der Waals surface area contributed by atoms with Crippen molar-refractivity contribution in [2.24, 2.45) is 0 Å². The van der Waals surface area contributed by atoms with E-state index in [1.807, 2.05) is 0 Å². The summed E-state index contributed by atoms with van der Waals surface area (Å²) in [6.45, 7) is 6.98. The van der Waals surface area contributed by atoms with E-state index in [0.717, 1.165) is 12.8 Å². The predicted octanol–water partition coefficient (Wildman–Crippen LogP) is 2.65. The molecule has 0 aliphatic carbocycles. The third kappa shape index (κ3) is 8.68. The molecule has 0 aliphatic rings. The minimum Gasteiger partial charge on any atom is -0.418 e. The largest absolute Gasteiger partial charge is 0.418 e. The summed E-state index contributed by atoms with van der Waals surface area (Å²) in [5, 5.41) is 0. The molecule has 72 valence electrons. The van der Waals surface area contributed by atoms with E-state index in [2.05, 4.69) is 30.1 Å². The zero-order chi connectivity index (χ0) is 10.1. The van der Waals surface area contributed by atoms with E-state index in [9.17, 15) is 4.79 Å². The maximum absolute atomic E-state index is 10.4. The SMILES string of the molecule is C=C(C#CCCCCC)OC(C)=O. The van der Waals surface area contributed by atoms with Crippen molar-refractivity contribution >= 4 is 5.97 Å². The van der Waals surface area contributed by atoms with Crippen LogP contribution >= 0.6 is 0 Å². The third-order valence-corrected chi connectivity index (χ3v) is 1.40. The Hall–Kier alpha value is -1.23. The molecule has 0 fully saturated rings. The Morgan fingerprint density at radius 1 is 1.46 bits per heavy atom. The molecule has 0 bridgehead atoms. The molecule has 0 saturated heterocycles. The number of hydrogen-bond donors (Lipinski definition) is 0. The smallest absolute Gasteiger partial charge is 0.308 e. The summed E-state index contributed by atoms with van der Waals surface area (Å²) in [7, 11) is 0. The monoisotopic (exact) mass is 180 g/mol. The number of carbonyl (C=O) groups is 1. The lowest BCUT2D eigenvalue weighted by molar-refractivity contribution is -0.136. The fraction of sp³-hybridized carbons (Fsp3) is 0.545. The number of carbonyl (C=O) groups excluding carboxylic acids is 1. The number of esters is 1. The van der Waals surface area contributed by atoms with Gasteiger partial charge < -0.3 is 4.74 Å². The van der Waals surface area contributed by atoms with Crippen LogP contribution in [-0.4, -0.2) is 5.97 Å². The summed E-state index contributed by atoms with van der Waals surface area (Å²) in [5.41, 5.74) is 0. The number of ether oxygens (including phenoxy) is 1. The molecule has 0 aromatic heterocycles. The lowest BCUT2D eigenvalue weighted by Gasteiger charge is -1.94. The minimum atomic E-state index is -0.368. The van der Waals surface area contributed by atoms with Gasteiger partial charge in [-0.25, -0.2) is 0 Å². The Labute approximate surface area is 80.0 Å². The Balaban J connectivity index is 3.57. The molecule has 0 amide bonds. The first-order valence-electron chi connectivity index (χ1n) is 4.53. The molecule has 0 aliphatic heterocycles. The first-order valence-corrected chi connectivity index (χ1v) is 4.53. The molecular weight excluding hydrogens is 164 g/mol. The molecule has 0 saturated carbocycles. The molecule has 0 radical (unpaired) electrons. The number of allylic oxidation sites excluding steroid dienone is 1. The number of unbranched alkanes of at least 4 members (excludes halogenated alkanes) is 3. The molecule has 0 atom stereocenters. The van der Waals surface area contributed by atoms with Gasteiger partial charge in [0.2, 0.25) is 0 Å². The molecule has 0 aromatic carbocycles. The van der Waals surface area contributed by atoms with E-state index in [0.29, 0.717) is 0 Å². The van der Waals surface area contributed by atoms with Crippen molar-refractivity contribution in [1.29, 1.82) is 0 Å². The molecule has 2 heteroatoms. The van der Waals surface area contributed by atoms with Crippen molar-refractivity contribution in [3.63, 3.8) is 0 Å². The maximum Gasteiger partial charge on any atom is 0.308 e. The van der Waals surface area contributed by atoms with E-state index >= 15 is 0 Å². The van der Waals surface area contributed by atoms with Crippen LogP contribution in [0.3, 0.4) is 0 Å². The third-order valence-electron chi connectivity index (χ3n) is 1.40. The molecule has 0 spiro atoms. The standard InChI is InChI=1S/C11H16O2/c1-4-5-6-7-8-9-10(2)13-11(3)12/h2,4-7H2,1,3H3. The van der Waals surface area contributed by atoms with Crippen LogP contribution in [0, 0.1) is 11.8 Å². The van der Waals surface area contributed by atoms with Crippen LogP contribution in [0.2, 0.25) is 0 Å². The summed E-state index contributed by atoms with van der Waals surface area (Å²) in [6, 6.07) is 0. The van der Waals surface area contributed by atoms with Gasteiger partial charge in [-0.1, -0.05) is 25.7 Å². The molecule has 2 nitrogen and oxygen atoms in total. The Kier molecular flexibility index (Phi) is 6.72. The van der Waals surface area contributed by atoms with Gasteiger partial charge in [-0.3, -0.25) is 4.79 Å². The molecule has 0 unspecified atom stereocenters. The average Bonchev–Trinajstić information content (AvgIpc) is 2.02. The highest BCUT2D eigenvalue weighted by Crippen LogP contribution is 1.98. The van der Waals surface area contributed by atoms with Gasteiger partial charge >= 0.3 is 5.97 Å². The second kappa shape index (κ2) is 7.42. The van der Waals surface area contributed by atoms with Crippen LogP contribution in [0.4, 0.5) is 0 Å². The first-order chi connectivity index (χ1) is 6.16. The van der Waals surface area contributed by atoms with Crippen LogP contribution in [0.5, 0.6) is 0 Å². The van der Waals surface area contributed by atoms with Crippen molar-refractivity contribution in [3.8, 4) is 11.8 Å². The zero-order valence-electron chi connectivity index (χ0n) is 8.35. The van der Waals surface area contributed by atoms with Crippen molar-refractivity contribution in [3.05, 3.63) is 12.3 Å². The molecule has 0 rings (SSSR count). The van der Waals surface area contributed by atoms with Crippen LogP contribution in [0.1, 0.15) is 39.5 Å². The van der Waals surface area contributed by atoms with Gasteiger partial charge in [-0.05, 0) is 18.9 Å². The van der Waals surface area contributed by atoms with Crippen molar-refractivity contribution in [2.45, 2.75) is 39.5 Å². The Bertz CT molecular complexity index is 230. The Morgan fingerprint density at radius 2 is 2.15 bits per heavy atom. The van der Waals surface area contributed by atoms with Gasteiger partial charge in [0.1, 0.15) is 0 Å². The highest BCUT2D eigenvalue weighted by Gasteiger charge is 1.92. The van der Waals surface area contributed by atoms with Crippen LogP contribution < -0.4 is 0 Å². The summed E-state index contributed by atoms with van der Waals surface area (Å²) in [5.74, 6) is 5.46. The highest BCUT2D eigenvalue weighted by molar-refractivity contribution is 5.67. The first kappa shape index (κ1) is 11.8. The van der Waals surface area contributed by atoms with Crippen molar-refractivity contribution in [2.75, 3.05) is 0 Å². The summed E-state index contributed by atoms with van der Waals surface area (Å²) < 4.78 is 4.65. The average molecular weight is 180 g/mol. The minimum absolute atomic E-state index is 0.240. The van der Waals surface area contributed by atoms with Gasteiger partial charge in [0.05, 0.1) is 0 Å². The fourth-order valence-electron chi connectivity index (χ4n) is 0.823. The predicted molar refractivity (Wildman–Crippen MR) is 52.8 cm³/mol. The number of rotatable bonds is 4. The van der Waals surface area contributed by atoms with Gasteiger partial charge in [0.15, 0.2) is 5.76 Å². The van der Waals surface area contributed by atoms with E-state index in [-0.39, 0.29) is 11.7 Å². The van der Waals surface area contributed by atoms with E-state index in [1.165, 1.54) is 19.8 Å². The van der Waals surface area contributed by atoms with Gasteiger partial charge in [0, 0.05) is 13.3 Å². The maximum atomic E-state index is 10.4. The van der Waals surface area contributed by atoms with E-state index in [1.54, 1.807) is 0 Å². The highest BCUT2D eigenvalue weighted by atomic mass is 16.5. The van der Waals surface area contributed by atoms with E-state index < -0.39 is 0 Å². The summed E-state index contributed by atoms with van der Waals surface area (Å²) >= 11 is 0. The second-order valence-corrected chi connectivity index (χ2v) is 2.78. The molecule has 0 aromatic rings. The van der Waals surface area contributed by atoms with Crippen LogP contribution in [0.25, 0.3) is 0 Å². The van der Waals surface area contributed by atoms with Gasteiger partial charge in [-0.2, -0.15) is 0 Å².